The molecule has 1 rings (SSSR count). The predicted octanol–water partition coefficient (Wildman–Crippen LogP) is 0.0643. The quantitative estimate of drug-likeness (QED) is 0.529. The smallest absolute Gasteiger partial charge is 0.238 e. The van der Waals surface area contributed by atoms with Crippen LogP contribution in [0.15, 0.2) is 12.4 Å². The van der Waals surface area contributed by atoms with E-state index in [2.05, 4.69) is 21.7 Å². The molecule has 0 bridgehead atoms. The highest BCUT2D eigenvalue weighted by molar-refractivity contribution is 5.91. The highest BCUT2D eigenvalue weighted by Gasteiger charge is 2.02. The number of nitrogens with one attached hydrogen (secondary N) is 2. The molecule has 80 valence electrons. The van der Waals surface area contributed by atoms with Crippen molar-refractivity contribution in [3.63, 3.8) is 0 Å². The Morgan fingerprint density at radius 2 is 2.53 bits per heavy atom. The van der Waals surface area contributed by atoms with E-state index in [-0.39, 0.29) is 12.5 Å². The van der Waals surface area contributed by atoms with Gasteiger partial charge in [0.15, 0.2) is 0 Å². The molecule has 0 aromatic carbocycles. The van der Waals surface area contributed by atoms with Gasteiger partial charge >= 0.3 is 0 Å². The van der Waals surface area contributed by atoms with E-state index in [0.717, 1.165) is 6.54 Å². The molecule has 0 aliphatic rings. The third kappa shape index (κ3) is 3.83. The van der Waals surface area contributed by atoms with Crippen LogP contribution in [0.3, 0.4) is 0 Å². The van der Waals surface area contributed by atoms with E-state index < -0.39 is 0 Å². The molecule has 0 fully saturated rings. The van der Waals surface area contributed by atoms with Gasteiger partial charge in [0, 0.05) is 12.7 Å². The average molecular weight is 206 g/mol. The van der Waals surface area contributed by atoms with E-state index in [9.17, 15) is 4.79 Å². The van der Waals surface area contributed by atoms with Crippen molar-refractivity contribution in [2.75, 3.05) is 18.4 Å². The maximum absolute atomic E-state index is 11.3. The number of amides is 1. The van der Waals surface area contributed by atoms with E-state index in [0.29, 0.717) is 12.2 Å². The number of rotatable bonds is 5. The largest absolute Gasteiger partial charge is 0.322 e. The lowest BCUT2D eigenvalue weighted by Crippen LogP contribution is -2.28. The van der Waals surface area contributed by atoms with Crippen molar-refractivity contribution in [3.05, 3.63) is 12.4 Å². The Morgan fingerprint density at radius 1 is 1.73 bits per heavy atom. The van der Waals surface area contributed by atoms with Crippen LogP contribution >= 0.6 is 0 Å². The molecule has 0 radical (unpaired) electrons. The van der Waals surface area contributed by atoms with Crippen molar-refractivity contribution in [1.82, 2.24) is 15.1 Å². The minimum Gasteiger partial charge on any atom is -0.322 e. The topological polar surface area (TPSA) is 59.0 Å². The van der Waals surface area contributed by atoms with Crippen LogP contribution in [0.5, 0.6) is 0 Å². The SMILES string of the molecule is C#CCNCC(=O)Nc1cnn(CC)c1. The molecule has 0 spiro atoms. The first kappa shape index (κ1) is 11.3. The van der Waals surface area contributed by atoms with Gasteiger partial charge in [0.25, 0.3) is 0 Å². The molecule has 0 saturated heterocycles. The first-order valence-corrected chi connectivity index (χ1v) is 4.72. The summed E-state index contributed by atoms with van der Waals surface area (Å²) in [7, 11) is 0. The fourth-order valence-electron chi connectivity index (χ4n) is 1.05. The highest BCUT2D eigenvalue weighted by atomic mass is 16.1. The minimum absolute atomic E-state index is 0.124. The van der Waals surface area contributed by atoms with E-state index in [1.54, 1.807) is 17.1 Å². The molecule has 0 aliphatic carbocycles. The number of carbonyl (C=O) groups is 1. The average Bonchev–Trinajstić information content (AvgIpc) is 2.66. The van der Waals surface area contributed by atoms with Crippen molar-refractivity contribution in [2.45, 2.75) is 13.5 Å². The summed E-state index contributed by atoms with van der Waals surface area (Å²) in [6.45, 7) is 3.36. The molecule has 5 nitrogen and oxygen atoms in total. The van der Waals surface area contributed by atoms with Crippen LogP contribution in [0.1, 0.15) is 6.92 Å². The number of hydrogen-bond acceptors (Lipinski definition) is 3. The summed E-state index contributed by atoms with van der Waals surface area (Å²) >= 11 is 0. The Kier molecular flexibility index (Phi) is 4.38. The second-order valence-corrected chi connectivity index (χ2v) is 2.94. The van der Waals surface area contributed by atoms with Crippen molar-refractivity contribution >= 4 is 11.6 Å². The number of aryl methyl sites for hydroxylation is 1. The van der Waals surface area contributed by atoms with Crippen LogP contribution in [0.4, 0.5) is 5.69 Å². The summed E-state index contributed by atoms with van der Waals surface area (Å²) in [5.74, 6) is 2.27. The van der Waals surface area contributed by atoms with Gasteiger partial charge in [0.05, 0.1) is 25.0 Å². The van der Waals surface area contributed by atoms with E-state index >= 15 is 0 Å². The lowest BCUT2D eigenvalue weighted by atomic mass is 10.5. The van der Waals surface area contributed by atoms with Crippen molar-refractivity contribution < 1.29 is 4.79 Å². The Labute approximate surface area is 88.9 Å². The van der Waals surface area contributed by atoms with Crippen molar-refractivity contribution in [2.24, 2.45) is 0 Å². The molecule has 0 saturated carbocycles. The number of anilines is 1. The van der Waals surface area contributed by atoms with Gasteiger partial charge in [-0.2, -0.15) is 5.10 Å². The molecule has 1 aromatic rings. The lowest BCUT2D eigenvalue weighted by Gasteiger charge is -2.01. The van der Waals surface area contributed by atoms with E-state index in [4.69, 9.17) is 6.42 Å². The summed E-state index contributed by atoms with van der Waals surface area (Å²) in [4.78, 5) is 11.3. The zero-order valence-electron chi connectivity index (χ0n) is 8.66. The third-order valence-electron chi connectivity index (χ3n) is 1.75. The molecule has 5 heteroatoms. The van der Waals surface area contributed by atoms with Gasteiger partial charge in [-0.25, -0.2) is 0 Å². The van der Waals surface area contributed by atoms with Gasteiger partial charge in [-0.05, 0) is 6.92 Å². The van der Waals surface area contributed by atoms with Gasteiger partial charge < -0.3 is 5.32 Å². The molecule has 2 N–H and O–H groups in total. The predicted molar refractivity (Wildman–Crippen MR) is 58.2 cm³/mol. The van der Waals surface area contributed by atoms with Crippen LogP contribution in [0, 0.1) is 12.3 Å². The summed E-state index contributed by atoms with van der Waals surface area (Å²) in [5, 5.41) is 9.54. The number of terminal acetylenes is 1. The van der Waals surface area contributed by atoms with E-state index in [1.165, 1.54) is 0 Å². The van der Waals surface area contributed by atoms with Crippen LogP contribution in [-0.2, 0) is 11.3 Å². The number of hydrogen-bond donors (Lipinski definition) is 2. The number of carbonyl (C=O) groups excluding carboxylic acids is 1. The Morgan fingerprint density at radius 3 is 3.13 bits per heavy atom. The number of nitrogens with zero attached hydrogens (tertiary/aromatic N) is 2. The van der Waals surface area contributed by atoms with Crippen molar-refractivity contribution in [3.8, 4) is 12.3 Å². The Balaban J connectivity index is 2.34. The lowest BCUT2D eigenvalue weighted by molar-refractivity contribution is -0.115. The molecule has 0 atom stereocenters. The summed E-state index contributed by atoms with van der Waals surface area (Å²) < 4.78 is 1.74. The van der Waals surface area contributed by atoms with Gasteiger partial charge in [-0.15, -0.1) is 6.42 Å². The normalized spacial score (nSPS) is 9.60. The van der Waals surface area contributed by atoms with Gasteiger partial charge in [-0.3, -0.25) is 14.8 Å². The van der Waals surface area contributed by atoms with E-state index in [1.807, 2.05) is 6.92 Å². The van der Waals surface area contributed by atoms with Crippen molar-refractivity contribution in [1.29, 1.82) is 0 Å². The minimum atomic E-state index is -0.124. The second kappa shape index (κ2) is 5.83. The maximum atomic E-state index is 11.3. The number of aromatic nitrogens is 2. The molecular formula is C10H14N4O. The molecule has 0 unspecified atom stereocenters. The summed E-state index contributed by atoms with van der Waals surface area (Å²) in [6.07, 6.45) is 8.42. The highest BCUT2D eigenvalue weighted by Crippen LogP contribution is 2.03. The van der Waals surface area contributed by atoms with Crippen LogP contribution in [0.25, 0.3) is 0 Å². The first-order valence-electron chi connectivity index (χ1n) is 4.72. The monoisotopic (exact) mass is 206 g/mol. The first-order chi connectivity index (χ1) is 7.26. The standard InChI is InChI=1S/C10H14N4O/c1-3-5-11-7-10(15)13-9-6-12-14(4-2)8-9/h1,6,8,11H,4-5,7H2,2H3,(H,13,15). The zero-order chi connectivity index (χ0) is 11.1. The Hall–Kier alpha value is -1.80. The molecular weight excluding hydrogens is 192 g/mol. The summed E-state index contributed by atoms with van der Waals surface area (Å²) in [6, 6.07) is 0. The molecule has 1 amide bonds. The van der Waals surface area contributed by atoms with Crippen LogP contribution < -0.4 is 10.6 Å². The summed E-state index contributed by atoms with van der Waals surface area (Å²) in [5.41, 5.74) is 0.698. The third-order valence-corrected chi connectivity index (χ3v) is 1.75. The zero-order valence-corrected chi connectivity index (χ0v) is 8.66. The second-order valence-electron chi connectivity index (χ2n) is 2.94. The molecule has 1 aromatic heterocycles. The van der Waals surface area contributed by atoms with Gasteiger partial charge in [-0.1, -0.05) is 5.92 Å². The van der Waals surface area contributed by atoms with Gasteiger partial charge in [0.2, 0.25) is 5.91 Å². The van der Waals surface area contributed by atoms with Crippen LogP contribution in [0.2, 0.25) is 0 Å². The molecule has 1 heterocycles. The van der Waals surface area contributed by atoms with Gasteiger partial charge in [0.1, 0.15) is 0 Å². The molecule has 0 aliphatic heterocycles. The maximum Gasteiger partial charge on any atom is 0.238 e. The fraction of sp³-hybridized carbons (Fsp3) is 0.400. The Bertz CT molecular complexity index is 364. The fourth-order valence-corrected chi connectivity index (χ4v) is 1.05. The molecule has 15 heavy (non-hydrogen) atoms. The van der Waals surface area contributed by atoms with Crippen LogP contribution in [-0.4, -0.2) is 28.8 Å².